The Bertz CT molecular complexity index is 1530. The highest BCUT2D eigenvalue weighted by Gasteiger charge is 2.18. The van der Waals surface area contributed by atoms with Crippen molar-refractivity contribution in [3.05, 3.63) is 114 Å². The van der Waals surface area contributed by atoms with E-state index in [0.29, 0.717) is 5.56 Å². The van der Waals surface area contributed by atoms with Gasteiger partial charge in [-0.3, -0.25) is 4.79 Å². The molecule has 1 aromatic heterocycles. The Morgan fingerprint density at radius 1 is 0.941 bits per heavy atom. The van der Waals surface area contributed by atoms with Gasteiger partial charge in [0.25, 0.3) is 5.91 Å². The van der Waals surface area contributed by atoms with E-state index >= 15 is 0 Å². The SMILES string of the molecule is Cc1cccc(-n2nc(C(=O)N/N=C\c3ccccc3O)cc2-c2cccc3ccccc23)c1. The van der Waals surface area contributed by atoms with E-state index in [4.69, 9.17) is 0 Å². The summed E-state index contributed by atoms with van der Waals surface area (Å²) in [6, 6.07) is 30.7. The molecule has 0 bridgehead atoms. The zero-order valence-electron chi connectivity index (χ0n) is 18.5. The highest BCUT2D eigenvalue weighted by Crippen LogP contribution is 2.31. The van der Waals surface area contributed by atoms with Crippen LogP contribution in [0.15, 0.2) is 102 Å². The molecule has 0 aliphatic rings. The first-order valence-electron chi connectivity index (χ1n) is 10.9. The monoisotopic (exact) mass is 446 g/mol. The quantitative estimate of drug-likeness (QED) is 0.278. The molecule has 5 rings (SSSR count). The van der Waals surface area contributed by atoms with E-state index in [2.05, 4.69) is 33.8 Å². The number of carbonyl (C=O) groups is 1. The number of carbonyl (C=O) groups excluding carboxylic acids is 1. The fourth-order valence-electron chi connectivity index (χ4n) is 3.90. The van der Waals surface area contributed by atoms with Crippen molar-refractivity contribution in [2.45, 2.75) is 6.92 Å². The maximum absolute atomic E-state index is 12.9. The van der Waals surface area contributed by atoms with Crippen molar-refractivity contribution in [1.29, 1.82) is 0 Å². The first-order valence-corrected chi connectivity index (χ1v) is 10.9. The molecule has 0 unspecified atom stereocenters. The molecule has 0 radical (unpaired) electrons. The van der Waals surface area contributed by atoms with Crippen molar-refractivity contribution >= 4 is 22.9 Å². The van der Waals surface area contributed by atoms with Crippen LogP contribution in [-0.4, -0.2) is 27.0 Å². The Morgan fingerprint density at radius 2 is 1.71 bits per heavy atom. The van der Waals surface area contributed by atoms with E-state index in [1.165, 1.54) is 6.21 Å². The summed E-state index contributed by atoms with van der Waals surface area (Å²) in [5, 5.41) is 20.7. The first kappa shape index (κ1) is 21.2. The number of aromatic hydroxyl groups is 1. The zero-order valence-corrected chi connectivity index (χ0v) is 18.5. The van der Waals surface area contributed by atoms with Gasteiger partial charge >= 0.3 is 0 Å². The van der Waals surface area contributed by atoms with Crippen LogP contribution in [0.3, 0.4) is 0 Å². The van der Waals surface area contributed by atoms with Gasteiger partial charge in [0.1, 0.15) is 5.75 Å². The van der Waals surface area contributed by atoms with Crippen LogP contribution in [0, 0.1) is 6.92 Å². The van der Waals surface area contributed by atoms with Crippen molar-refractivity contribution in [2.75, 3.05) is 0 Å². The Kier molecular flexibility index (Phi) is 5.62. The average molecular weight is 447 g/mol. The molecule has 0 saturated carbocycles. The van der Waals surface area contributed by atoms with Crippen molar-refractivity contribution < 1.29 is 9.90 Å². The molecule has 34 heavy (non-hydrogen) atoms. The van der Waals surface area contributed by atoms with Gasteiger partial charge < -0.3 is 5.11 Å². The van der Waals surface area contributed by atoms with E-state index < -0.39 is 5.91 Å². The predicted molar refractivity (Wildman–Crippen MR) is 134 cm³/mol. The summed E-state index contributed by atoms with van der Waals surface area (Å²) in [7, 11) is 0. The number of fused-ring (bicyclic) bond motifs is 1. The molecule has 0 fully saturated rings. The molecule has 5 aromatic rings. The molecule has 166 valence electrons. The third kappa shape index (κ3) is 4.17. The number of rotatable bonds is 5. The lowest BCUT2D eigenvalue weighted by Crippen LogP contribution is -2.18. The summed E-state index contributed by atoms with van der Waals surface area (Å²) in [6.45, 7) is 2.02. The van der Waals surface area contributed by atoms with Crippen LogP contribution >= 0.6 is 0 Å². The van der Waals surface area contributed by atoms with Crippen LogP contribution in [0.1, 0.15) is 21.6 Å². The molecule has 1 heterocycles. The standard InChI is InChI=1S/C28H22N4O2/c1-19-8-6-12-22(16-19)32-26(24-14-7-11-20-9-2-4-13-23(20)24)17-25(31-32)28(34)30-29-18-21-10-3-5-15-27(21)33/h2-18,33H,1H3,(H,30,34)/b29-18-. The van der Waals surface area contributed by atoms with Gasteiger partial charge in [-0.25, -0.2) is 10.1 Å². The van der Waals surface area contributed by atoms with Crippen LogP contribution in [0.25, 0.3) is 27.7 Å². The smallest absolute Gasteiger partial charge is 0.291 e. The molecule has 0 aliphatic carbocycles. The molecule has 1 amide bonds. The summed E-state index contributed by atoms with van der Waals surface area (Å²) >= 11 is 0. The predicted octanol–water partition coefficient (Wildman–Crippen LogP) is 5.47. The van der Waals surface area contributed by atoms with Gasteiger partial charge in [0, 0.05) is 11.1 Å². The molecule has 0 aliphatic heterocycles. The number of hydrazone groups is 1. The number of aromatic nitrogens is 2. The normalized spacial score (nSPS) is 11.2. The van der Waals surface area contributed by atoms with Crippen LogP contribution in [0.2, 0.25) is 0 Å². The lowest BCUT2D eigenvalue weighted by atomic mass is 10.0. The number of phenols is 1. The van der Waals surface area contributed by atoms with Crippen LogP contribution in [0.4, 0.5) is 0 Å². The summed E-state index contributed by atoms with van der Waals surface area (Å²) in [4.78, 5) is 12.9. The van der Waals surface area contributed by atoms with Gasteiger partial charge in [-0.05, 0) is 53.6 Å². The lowest BCUT2D eigenvalue weighted by molar-refractivity contribution is 0.0949. The summed E-state index contributed by atoms with van der Waals surface area (Å²) in [6.07, 6.45) is 1.40. The number of nitrogens with zero attached hydrogens (tertiary/aromatic N) is 3. The molecule has 2 N–H and O–H groups in total. The first-order chi connectivity index (χ1) is 16.6. The van der Waals surface area contributed by atoms with Crippen molar-refractivity contribution in [3.8, 4) is 22.7 Å². The Hall–Kier alpha value is -4.71. The summed E-state index contributed by atoms with van der Waals surface area (Å²) in [5.74, 6) is -0.359. The van der Waals surface area contributed by atoms with Gasteiger partial charge in [0.05, 0.1) is 17.6 Å². The van der Waals surface area contributed by atoms with E-state index in [-0.39, 0.29) is 11.4 Å². The highest BCUT2D eigenvalue weighted by atomic mass is 16.3. The summed E-state index contributed by atoms with van der Waals surface area (Å²) < 4.78 is 1.79. The van der Waals surface area contributed by atoms with Gasteiger partial charge in [0.2, 0.25) is 0 Å². The van der Waals surface area contributed by atoms with Crippen LogP contribution in [0.5, 0.6) is 5.75 Å². The fraction of sp³-hybridized carbons (Fsp3) is 0.0357. The van der Waals surface area contributed by atoms with Crippen LogP contribution < -0.4 is 5.43 Å². The third-order valence-electron chi connectivity index (χ3n) is 5.56. The lowest BCUT2D eigenvalue weighted by Gasteiger charge is -2.10. The second kappa shape index (κ2) is 9.03. The zero-order chi connectivity index (χ0) is 23.5. The minimum atomic E-state index is -0.445. The van der Waals surface area contributed by atoms with E-state index in [1.54, 1.807) is 35.0 Å². The molecule has 4 aromatic carbocycles. The topological polar surface area (TPSA) is 79.5 Å². The minimum absolute atomic E-state index is 0.0856. The number of hydrogen-bond acceptors (Lipinski definition) is 4. The largest absolute Gasteiger partial charge is 0.507 e. The maximum atomic E-state index is 12.9. The Morgan fingerprint density at radius 3 is 2.56 bits per heavy atom. The second-order valence-corrected chi connectivity index (χ2v) is 7.95. The van der Waals surface area contributed by atoms with E-state index in [0.717, 1.165) is 33.3 Å². The molecule has 6 heteroatoms. The minimum Gasteiger partial charge on any atom is -0.507 e. The van der Waals surface area contributed by atoms with Gasteiger partial charge in [-0.15, -0.1) is 0 Å². The molecule has 0 atom stereocenters. The Balaban J connectivity index is 1.56. The van der Waals surface area contributed by atoms with Gasteiger partial charge in [-0.2, -0.15) is 10.2 Å². The van der Waals surface area contributed by atoms with E-state index in [1.807, 2.05) is 55.5 Å². The number of para-hydroxylation sites is 1. The average Bonchev–Trinajstić information content (AvgIpc) is 3.30. The number of benzene rings is 4. The van der Waals surface area contributed by atoms with Crippen molar-refractivity contribution in [1.82, 2.24) is 15.2 Å². The molecule has 0 spiro atoms. The molecular weight excluding hydrogens is 424 g/mol. The third-order valence-corrected chi connectivity index (χ3v) is 5.56. The summed E-state index contributed by atoms with van der Waals surface area (Å²) in [5.41, 5.74) is 6.98. The number of aryl methyl sites for hydroxylation is 1. The second-order valence-electron chi connectivity index (χ2n) is 7.95. The number of nitrogens with one attached hydrogen (secondary N) is 1. The number of amides is 1. The fourth-order valence-corrected chi connectivity index (χ4v) is 3.90. The molecule has 0 saturated heterocycles. The highest BCUT2D eigenvalue weighted by molar-refractivity contribution is 5.99. The van der Waals surface area contributed by atoms with Crippen LogP contribution in [-0.2, 0) is 0 Å². The van der Waals surface area contributed by atoms with Gasteiger partial charge in [0.15, 0.2) is 5.69 Å². The van der Waals surface area contributed by atoms with Crippen molar-refractivity contribution in [3.63, 3.8) is 0 Å². The Labute approximate surface area is 196 Å². The molecular formula is C28H22N4O2. The number of hydrogen-bond donors (Lipinski definition) is 2. The molecule has 6 nitrogen and oxygen atoms in total. The number of phenolic OH excluding ortho intramolecular Hbond substituents is 1. The van der Waals surface area contributed by atoms with Crippen molar-refractivity contribution in [2.24, 2.45) is 5.10 Å². The van der Waals surface area contributed by atoms with E-state index in [9.17, 15) is 9.90 Å². The van der Waals surface area contributed by atoms with Gasteiger partial charge in [-0.1, -0.05) is 66.7 Å². The maximum Gasteiger partial charge on any atom is 0.291 e.